The Labute approximate surface area is 209 Å². The average molecular weight is 512 g/mol. The lowest BCUT2D eigenvalue weighted by atomic mass is 10.1. The van der Waals surface area contributed by atoms with E-state index in [1.807, 2.05) is 5.01 Å². The van der Waals surface area contributed by atoms with E-state index in [1.165, 1.54) is 6.07 Å². The van der Waals surface area contributed by atoms with Crippen molar-refractivity contribution in [1.82, 2.24) is 29.8 Å². The molecule has 0 radical (unpaired) electrons. The van der Waals surface area contributed by atoms with Gasteiger partial charge in [-0.3, -0.25) is 19.5 Å². The molecule has 1 spiro atoms. The van der Waals surface area contributed by atoms with Crippen molar-refractivity contribution in [2.75, 3.05) is 25.4 Å². The first-order chi connectivity index (χ1) is 17.6. The second-order valence-electron chi connectivity index (χ2n) is 9.58. The zero-order chi connectivity index (χ0) is 25.9. The molecule has 1 aromatic carbocycles. The number of morpholine rings is 1. The van der Waals surface area contributed by atoms with Crippen LogP contribution < -0.4 is 5.73 Å². The van der Waals surface area contributed by atoms with E-state index < -0.39 is 11.7 Å². The molecule has 1 saturated heterocycles. The number of hydrogen-bond acceptors (Lipinski definition) is 7. The number of halogens is 3. The van der Waals surface area contributed by atoms with Gasteiger partial charge in [0.15, 0.2) is 0 Å². The molecule has 1 amide bonds. The van der Waals surface area contributed by atoms with E-state index in [4.69, 9.17) is 10.5 Å². The Morgan fingerprint density at radius 1 is 1.19 bits per heavy atom. The van der Waals surface area contributed by atoms with Crippen molar-refractivity contribution >= 4 is 33.5 Å². The van der Waals surface area contributed by atoms with Crippen LogP contribution in [0.3, 0.4) is 0 Å². The monoisotopic (exact) mass is 511 g/mol. The number of alkyl halides is 3. The SMILES string of the molecule is Cn1ncc2c(N)nc3ccc(C(=O)N(Cc4ccc(C(F)(F)F)cn4)N4CCOC5(CC5)C4)cc3c21. The van der Waals surface area contributed by atoms with E-state index in [0.717, 1.165) is 36.0 Å². The minimum atomic E-state index is -4.48. The van der Waals surface area contributed by atoms with E-state index in [9.17, 15) is 18.0 Å². The maximum atomic E-state index is 13.9. The summed E-state index contributed by atoms with van der Waals surface area (Å²) in [6, 6.07) is 7.47. The summed E-state index contributed by atoms with van der Waals surface area (Å²) in [5, 5.41) is 9.18. The van der Waals surface area contributed by atoms with Crippen LogP contribution in [0.4, 0.5) is 19.0 Å². The first-order valence-electron chi connectivity index (χ1n) is 11.9. The summed E-state index contributed by atoms with van der Waals surface area (Å²) in [4.78, 5) is 22.4. The normalized spacial score (nSPS) is 17.5. The summed E-state index contributed by atoms with van der Waals surface area (Å²) in [7, 11) is 1.79. The van der Waals surface area contributed by atoms with Crippen LogP contribution in [0.2, 0.25) is 0 Å². The largest absolute Gasteiger partial charge is 0.417 e. The van der Waals surface area contributed by atoms with Crippen LogP contribution in [-0.2, 0) is 24.5 Å². The fraction of sp³-hybridized carbons (Fsp3) is 0.360. The molecule has 1 saturated carbocycles. The molecule has 192 valence electrons. The van der Waals surface area contributed by atoms with Crippen molar-refractivity contribution < 1.29 is 22.7 Å². The highest BCUT2D eigenvalue weighted by atomic mass is 19.4. The third-order valence-electron chi connectivity index (χ3n) is 7.03. The van der Waals surface area contributed by atoms with Gasteiger partial charge in [0.05, 0.1) is 52.6 Å². The van der Waals surface area contributed by atoms with E-state index >= 15 is 0 Å². The molecule has 0 unspecified atom stereocenters. The number of aromatic nitrogens is 4. The number of nitrogens with zero attached hydrogens (tertiary/aromatic N) is 6. The van der Waals surface area contributed by atoms with Gasteiger partial charge in [-0.1, -0.05) is 0 Å². The number of nitrogen functional groups attached to an aromatic ring is 1. The highest BCUT2D eigenvalue weighted by molar-refractivity contribution is 6.10. The Morgan fingerprint density at radius 3 is 2.70 bits per heavy atom. The lowest BCUT2D eigenvalue weighted by molar-refractivity contribution is -0.138. The Bertz CT molecular complexity index is 1510. The smallest absolute Gasteiger partial charge is 0.383 e. The first kappa shape index (κ1) is 23.6. The van der Waals surface area contributed by atoms with Gasteiger partial charge >= 0.3 is 6.18 Å². The summed E-state index contributed by atoms with van der Waals surface area (Å²) in [6.45, 7) is 1.48. The Morgan fingerprint density at radius 2 is 2.00 bits per heavy atom. The zero-order valence-electron chi connectivity index (χ0n) is 20.0. The lowest BCUT2D eigenvalue weighted by Gasteiger charge is -2.40. The van der Waals surface area contributed by atoms with Gasteiger partial charge in [-0.05, 0) is 43.2 Å². The molecule has 4 aromatic rings. The van der Waals surface area contributed by atoms with Crippen LogP contribution in [0, 0.1) is 0 Å². The van der Waals surface area contributed by atoms with E-state index in [-0.39, 0.29) is 18.1 Å². The number of rotatable bonds is 4. The number of pyridine rings is 2. The quantitative estimate of drug-likeness (QED) is 0.447. The molecule has 2 fully saturated rings. The number of nitrogens with two attached hydrogens (primary N) is 1. The minimum Gasteiger partial charge on any atom is -0.383 e. The molecular formula is C25H24F3N7O2. The molecule has 1 aliphatic carbocycles. The summed E-state index contributed by atoms with van der Waals surface area (Å²) < 4.78 is 46.7. The first-order valence-corrected chi connectivity index (χ1v) is 11.9. The Hall–Kier alpha value is -3.77. The van der Waals surface area contributed by atoms with E-state index in [2.05, 4.69) is 15.1 Å². The minimum absolute atomic E-state index is 0.0200. The van der Waals surface area contributed by atoms with Crippen LogP contribution in [0.1, 0.15) is 34.5 Å². The molecule has 2 N–H and O–H groups in total. The molecule has 6 rings (SSSR count). The maximum Gasteiger partial charge on any atom is 0.417 e. The number of aryl methyl sites for hydroxylation is 1. The van der Waals surface area contributed by atoms with Crippen LogP contribution in [-0.4, -0.2) is 61.0 Å². The van der Waals surface area contributed by atoms with Crippen LogP contribution in [0.5, 0.6) is 0 Å². The van der Waals surface area contributed by atoms with E-state index in [1.54, 1.807) is 41.1 Å². The third kappa shape index (κ3) is 4.25. The number of fused-ring (bicyclic) bond motifs is 3. The molecular weight excluding hydrogens is 487 g/mol. The van der Waals surface area contributed by atoms with Gasteiger partial charge < -0.3 is 10.5 Å². The van der Waals surface area contributed by atoms with Gasteiger partial charge in [0, 0.05) is 37.3 Å². The van der Waals surface area contributed by atoms with Crippen molar-refractivity contribution in [3.8, 4) is 0 Å². The highest BCUT2D eigenvalue weighted by Gasteiger charge is 2.49. The van der Waals surface area contributed by atoms with E-state index in [0.29, 0.717) is 47.7 Å². The predicted octanol–water partition coefficient (Wildman–Crippen LogP) is 3.54. The summed E-state index contributed by atoms with van der Waals surface area (Å²) in [6.07, 6.45) is -0.234. The summed E-state index contributed by atoms with van der Waals surface area (Å²) in [5.74, 6) is 0.0566. The number of ether oxygens (including phenoxy) is 1. The zero-order valence-corrected chi connectivity index (χ0v) is 20.0. The third-order valence-corrected chi connectivity index (χ3v) is 7.03. The number of anilines is 1. The molecule has 3 aromatic heterocycles. The number of amides is 1. The van der Waals surface area contributed by atoms with Crippen LogP contribution >= 0.6 is 0 Å². The number of hydrazine groups is 1. The van der Waals surface area contributed by atoms with Crippen LogP contribution in [0.25, 0.3) is 21.8 Å². The number of carbonyl (C=O) groups is 1. The van der Waals surface area contributed by atoms with Gasteiger partial charge in [0.25, 0.3) is 5.91 Å². The predicted molar refractivity (Wildman–Crippen MR) is 129 cm³/mol. The Kier molecular flexibility index (Phi) is 5.35. The van der Waals surface area contributed by atoms with Crippen molar-refractivity contribution in [2.45, 2.75) is 31.2 Å². The van der Waals surface area contributed by atoms with Gasteiger partial charge in [0.1, 0.15) is 5.82 Å². The van der Waals surface area contributed by atoms with Gasteiger partial charge in [0.2, 0.25) is 0 Å². The summed E-state index contributed by atoms with van der Waals surface area (Å²) in [5.41, 5.74) is 7.14. The molecule has 9 nitrogen and oxygen atoms in total. The molecule has 12 heteroatoms. The Balaban J connectivity index is 1.38. The maximum absolute atomic E-state index is 13.9. The van der Waals surface area contributed by atoms with Crippen molar-refractivity contribution in [3.63, 3.8) is 0 Å². The molecule has 37 heavy (non-hydrogen) atoms. The standard InChI is InChI=1S/C25H24F3N7O2/c1-33-21-18-10-15(2-5-20(18)32-22(29)19(21)12-31-33)23(36)35(34-8-9-37-24(14-34)6-7-24)13-17-4-3-16(11-30-17)25(26,27)28/h2-5,10-12H,6-9,13-14H2,1H3,(H2,29,32). The van der Waals surface area contributed by atoms with Gasteiger partial charge in [-0.15, -0.1) is 0 Å². The second-order valence-corrected chi connectivity index (χ2v) is 9.58. The fourth-order valence-corrected chi connectivity index (χ4v) is 4.85. The van der Waals surface area contributed by atoms with Crippen molar-refractivity contribution in [3.05, 3.63) is 59.5 Å². The van der Waals surface area contributed by atoms with Crippen molar-refractivity contribution in [1.29, 1.82) is 0 Å². The average Bonchev–Trinajstić information content (AvgIpc) is 3.49. The molecule has 1 aliphatic heterocycles. The molecule has 0 bridgehead atoms. The number of benzene rings is 1. The molecule has 2 aliphatic rings. The summed E-state index contributed by atoms with van der Waals surface area (Å²) >= 11 is 0. The lowest BCUT2D eigenvalue weighted by Crippen LogP contribution is -2.54. The number of hydrogen-bond donors (Lipinski definition) is 1. The van der Waals surface area contributed by atoms with Crippen LogP contribution in [0.15, 0.2) is 42.7 Å². The molecule has 0 atom stereocenters. The highest BCUT2D eigenvalue weighted by Crippen LogP contribution is 2.42. The fourth-order valence-electron chi connectivity index (χ4n) is 4.85. The molecule has 4 heterocycles. The topological polar surface area (TPSA) is 102 Å². The van der Waals surface area contributed by atoms with Crippen molar-refractivity contribution in [2.24, 2.45) is 7.05 Å². The second kappa shape index (κ2) is 8.38. The van der Waals surface area contributed by atoms with Gasteiger partial charge in [-0.25, -0.2) is 9.99 Å². The van der Waals surface area contributed by atoms with Gasteiger partial charge in [-0.2, -0.15) is 18.3 Å². The number of carbonyl (C=O) groups excluding carboxylic acids is 1.